The number of fused-ring (bicyclic) bond motifs is 2. The molecule has 6 heteroatoms. The van der Waals surface area contributed by atoms with Gasteiger partial charge in [0.2, 0.25) is 0 Å². The van der Waals surface area contributed by atoms with Crippen molar-refractivity contribution in [2.75, 3.05) is 7.05 Å². The molecule has 2 heterocycles. The molecule has 2 aromatic heterocycles. The molecule has 0 radical (unpaired) electrons. The van der Waals surface area contributed by atoms with Crippen LogP contribution in [-0.2, 0) is 32.2 Å². The molecule has 0 saturated carbocycles. The van der Waals surface area contributed by atoms with E-state index in [1.165, 1.54) is 12.0 Å². The van der Waals surface area contributed by atoms with Crippen molar-refractivity contribution >= 4 is 5.91 Å². The minimum absolute atomic E-state index is 0.0352. The van der Waals surface area contributed by atoms with E-state index in [0.717, 1.165) is 61.2 Å². The highest BCUT2D eigenvalue weighted by molar-refractivity contribution is 5.94. The van der Waals surface area contributed by atoms with Crippen molar-refractivity contribution in [2.24, 2.45) is 0 Å². The molecule has 1 N–H and O–H groups in total. The highest BCUT2D eigenvalue weighted by Crippen LogP contribution is 2.26. The summed E-state index contributed by atoms with van der Waals surface area (Å²) in [7, 11) is 1.81. The molecule has 0 unspecified atom stereocenters. The van der Waals surface area contributed by atoms with Gasteiger partial charge in [-0.1, -0.05) is 5.16 Å². The van der Waals surface area contributed by atoms with Gasteiger partial charge in [-0.25, -0.2) is 0 Å². The number of H-pyrrole nitrogens is 1. The Labute approximate surface area is 128 Å². The molecular formula is C16H20N4O2. The molecule has 0 saturated heterocycles. The fraction of sp³-hybridized carbons (Fsp3) is 0.562. The van der Waals surface area contributed by atoms with Crippen LogP contribution in [0.5, 0.6) is 0 Å². The minimum atomic E-state index is -0.0352. The second-order valence-corrected chi connectivity index (χ2v) is 6.28. The normalized spacial score (nSPS) is 16.4. The molecule has 22 heavy (non-hydrogen) atoms. The van der Waals surface area contributed by atoms with Crippen LogP contribution in [0.2, 0.25) is 0 Å². The Bertz CT molecular complexity index is 716. The van der Waals surface area contributed by atoms with Crippen molar-refractivity contribution in [3.63, 3.8) is 0 Å². The van der Waals surface area contributed by atoms with Gasteiger partial charge in [0.25, 0.3) is 5.91 Å². The van der Waals surface area contributed by atoms with Gasteiger partial charge in [-0.2, -0.15) is 5.10 Å². The van der Waals surface area contributed by atoms with E-state index in [2.05, 4.69) is 15.4 Å². The van der Waals surface area contributed by atoms with Gasteiger partial charge in [0.1, 0.15) is 11.5 Å². The van der Waals surface area contributed by atoms with E-state index in [-0.39, 0.29) is 5.91 Å². The summed E-state index contributed by atoms with van der Waals surface area (Å²) in [5.74, 6) is 0.967. The Morgan fingerprint density at radius 1 is 1.18 bits per heavy atom. The molecule has 0 fully saturated rings. The fourth-order valence-corrected chi connectivity index (χ4v) is 3.55. The summed E-state index contributed by atoms with van der Waals surface area (Å²) in [6.07, 6.45) is 7.35. The SMILES string of the molecule is CN(Cc1noc2c1CCCC2)C(=O)c1n[nH]c2c1CCC2. The number of amides is 1. The van der Waals surface area contributed by atoms with Crippen LogP contribution in [0.15, 0.2) is 4.52 Å². The summed E-state index contributed by atoms with van der Waals surface area (Å²) in [5, 5.41) is 11.4. The van der Waals surface area contributed by atoms with Crippen LogP contribution in [0.3, 0.4) is 0 Å². The lowest BCUT2D eigenvalue weighted by atomic mass is 9.96. The number of nitrogens with one attached hydrogen (secondary N) is 1. The number of aromatic nitrogens is 3. The molecule has 1 amide bonds. The molecule has 6 nitrogen and oxygen atoms in total. The zero-order chi connectivity index (χ0) is 15.1. The van der Waals surface area contributed by atoms with Crippen LogP contribution in [0.4, 0.5) is 0 Å². The van der Waals surface area contributed by atoms with Crippen LogP contribution in [0.25, 0.3) is 0 Å². The predicted molar refractivity (Wildman–Crippen MR) is 79.6 cm³/mol. The van der Waals surface area contributed by atoms with E-state index in [0.29, 0.717) is 12.2 Å². The quantitative estimate of drug-likeness (QED) is 0.941. The van der Waals surface area contributed by atoms with Crippen molar-refractivity contribution < 1.29 is 9.32 Å². The van der Waals surface area contributed by atoms with E-state index in [1.807, 2.05) is 7.05 Å². The van der Waals surface area contributed by atoms with Crippen LogP contribution >= 0.6 is 0 Å². The summed E-state index contributed by atoms with van der Waals surface area (Å²) in [4.78, 5) is 14.3. The van der Waals surface area contributed by atoms with Gasteiger partial charge in [-0.15, -0.1) is 0 Å². The number of rotatable bonds is 3. The van der Waals surface area contributed by atoms with Gasteiger partial charge < -0.3 is 9.42 Å². The van der Waals surface area contributed by atoms with E-state index in [1.54, 1.807) is 4.90 Å². The summed E-state index contributed by atoms with van der Waals surface area (Å²) >= 11 is 0. The van der Waals surface area contributed by atoms with Crippen molar-refractivity contribution in [2.45, 2.75) is 51.5 Å². The number of carbonyl (C=O) groups excluding carboxylic acids is 1. The first-order valence-electron chi connectivity index (χ1n) is 8.02. The number of carbonyl (C=O) groups is 1. The highest BCUT2D eigenvalue weighted by Gasteiger charge is 2.27. The summed E-state index contributed by atoms with van der Waals surface area (Å²) in [6.45, 7) is 0.485. The Hall–Kier alpha value is -2.11. The van der Waals surface area contributed by atoms with E-state index >= 15 is 0 Å². The van der Waals surface area contributed by atoms with Gasteiger partial charge in [0, 0.05) is 30.3 Å². The molecular weight excluding hydrogens is 280 g/mol. The number of aryl methyl sites for hydroxylation is 2. The average Bonchev–Trinajstić information content (AvgIpc) is 3.22. The van der Waals surface area contributed by atoms with Gasteiger partial charge in [0.15, 0.2) is 5.69 Å². The van der Waals surface area contributed by atoms with Crippen LogP contribution in [-0.4, -0.2) is 33.2 Å². The number of nitrogens with zero attached hydrogens (tertiary/aromatic N) is 3. The van der Waals surface area contributed by atoms with Crippen LogP contribution in [0, 0.1) is 0 Å². The van der Waals surface area contributed by atoms with E-state index < -0.39 is 0 Å². The predicted octanol–water partition coefficient (Wildman–Crippen LogP) is 2.04. The van der Waals surface area contributed by atoms with Crippen molar-refractivity contribution in [1.29, 1.82) is 0 Å². The molecule has 4 rings (SSSR count). The molecule has 0 atom stereocenters. The Morgan fingerprint density at radius 2 is 2.00 bits per heavy atom. The molecule has 0 aliphatic heterocycles. The lowest BCUT2D eigenvalue weighted by Gasteiger charge is -2.16. The first-order valence-corrected chi connectivity index (χ1v) is 8.02. The third-order valence-corrected chi connectivity index (χ3v) is 4.77. The van der Waals surface area contributed by atoms with Crippen LogP contribution in [0.1, 0.15) is 58.0 Å². The monoisotopic (exact) mass is 300 g/mol. The molecule has 0 spiro atoms. The Balaban J connectivity index is 1.53. The smallest absolute Gasteiger partial charge is 0.274 e. The Morgan fingerprint density at radius 3 is 2.91 bits per heavy atom. The lowest BCUT2D eigenvalue weighted by molar-refractivity contribution is 0.0775. The molecule has 0 bridgehead atoms. The van der Waals surface area contributed by atoms with Crippen molar-refractivity contribution in [1.82, 2.24) is 20.3 Å². The first-order chi connectivity index (χ1) is 10.7. The van der Waals surface area contributed by atoms with Crippen molar-refractivity contribution in [3.8, 4) is 0 Å². The number of hydrogen-bond acceptors (Lipinski definition) is 4. The number of aromatic amines is 1. The zero-order valence-corrected chi connectivity index (χ0v) is 12.8. The van der Waals surface area contributed by atoms with Crippen molar-refractivity contribution in [3.05, 3.63) is 34.0 Å². The molecule has 2 aromatic rings. The standard InChI is InChI=1S/C16H20N4O2/c1-20(9-13-10-5-2-3-8-14(10)22-19-13)16(21)15-11-6-4-7-12(11)17-18-15/h2-9H2,1H3,(H,17,18). The second kappa shape index (κ2) is 5.26. The summed E-state index contributed by atoms with van der Waals surface area (Å²) in [5.41, 5.74) is 4.90. The maximum Gasteiger partial charge on any atom is 0.274 e. The summed E-state index contributed by atoms with van der Waals surface area (Å²) in [6, 6.07) is 0. The van der Waals surface area contributed by atoms with Crippen LogP contribution < -0.4 is 0 Å². The van der Waals surface area contributed by atoms with Gasteiger partial charge in [-0.05, 0) is 38.5 Å². The molecule has 2 aliphatic carbocycles. The maximum atomic E-state index is 12.6. The van der Waals surface area contributed by atoms with Gasteiger partial charge >= 0.3 is 0 Å². The fourth-order valence-electron chi connectivity index (χ4n) is 3.55. The van der Waals surface area contributed by atoms with E-state index in [4.69, 9.17) is 4.52 Å². The molecule has 2 aliphatic rings. The average molecular weight is 300 g/mol. The second-order valence-electron chi connectivity index (χ2n) is 6.28. The first kappa shape index (κ1) is 13.5. The molecule has 116 valence electrons. The minimum Gasteiger partial charge on any atom is -0.361 e. The third-order valence-electron chi connectivity index (χ3n) is 4.77. The van der Waals surface area contributed by atoms with Gasteiger partial charge in [0.05, 0.1) is 6.54 Å². The third kappa shape index (κ3) is 2.14. The van der Waals surface area contributed by atoms with Gasteiger partial charge in [-0.3, -0.25) is 9.89 Å². The number of hydrogen-bond donors (Lipinski definition) is 1. The summed E-state index contributed by atoms with van der Waals surface area (Å²) < 4.78 is 5.42. The lowest BCUT2D eigenvalue weighted by Crippen LogP contribution is -2.28. The zero-order valence-electron chi connectivity index (χ0n) is 12.8. The Kier molecular flexibility index (Phi) is 3.24. The van der Waals surface area contributed by atoms with E-state index in [9.17, 15) is 4.79 Å². The highest BCUT2D eigenvalue weighted by atomic mass is 16.5. The largest absolute Gasteiger partial charge is 0.361 e. The topological polar surface area (TPSA) is 75.0 Å². The molecule has 0 aromatic carbocycles. The maximum absolute atomic E-state index is 12.6.